The Balaban J connectivity index is 2.15. The van der Waals surface area contributed by atoms with E-state index in [9.17, 15) is 8.42 Å². The van der Waals surface area contributed by atoms with Crippen LogP contribution in [-0.4, -0.2) is 14.2 Å². The second-order valence-electron chi connectivity index (χ2n) is 4.58. The Morgan fingerprint density at radius 1 is 1.11 bits per heavy atom. The van der Waals surface area contributed by atoms with Crippen molar-refractivity contribution in [3.63, 3.8) is 0 Å². The van der Waals surface area contributed by atoms with Crippen LogP contribution in [0, 0.1) is 0 Å². The number of hydrogen-bond acceptors (Lipinski definition) is 2. The Kier molecular flexibility index (Phi) is 2.74. The lowest BCUT2D eigenvalue weighted by molar-refractivity contribution is 0.590. The van der Waals surface area contributed by atoms with Crippen molar-refractivity contribution < 1.29 is 8.42 Å². The van der Waals surface area contributed by atoms with Crippen molar-refractivity contribution >= 4 is 15.7 Å². The summed E-state index contributed by atoms with van der Waals surface area (Å²) in [7, 11) is -3.21. The zero-order valence-electron chi connectivity index (χ0n) is 10.0. The molecule has 3 rings (SSSR count). The van der Waals surface area contributed by atoms with Crippen molar-refractivity contribution in [2.24, 2.45) is 0 Å². The highest BCUT2D eigenvalue weighted by atomic mass is 32.2. The summed E-state index contributed by atoms with van der Waals surface area (Å²) in [6.45, 7) is 0. The molecule has 3 nitrogen and oxygen atoms in total. The van der Waals surface area contributed by atoms with E-state index in [1.54, 1.807) is 0 Å². The van der Waals surface area contributed by atoms with Crippen LogP contribution in [0.1, 0.15) is 18.4 Å². The number of allylic oxidation sites excluding steroid dienone is 4. The van der Waals surface area contributed by atoms with Gasteiger partial charge in [0.1, 0.15) is 0 Å². The molecule has 94 valence electrons. The van der Waals surface area contributed by atoms with E-state index in [0.717, 1.165) is 29.8 Å². The predicted molar refractivity (Wildman–Crippen MR) is 72.9 cm³/mol. The largest absolute Gasteiger partial charge is 0.242 e. The number of sulfonamides is 1. The topological polar surface area (TPSA) is 37.4 Å². The van der Waals surface area contributed by atoms with Gasteiger partial charge < -0.3 is 0 Å². The molecule has 1 aromatic rings. The minimum absolute atomic E-state index is 0.199. The molecule has 1 aliphatic heterocycles. The van der Waals surface area contributed by atoms with Gasteiger partial charge in [0.2, 0.25) is 10.0 Å². The molecule has 1 aromatic carbocycles. The first-order valence-electron chi connectivity index (χ1n) is 6.15. The average molecular weight is 261 g/mol. The molecular weight excluding hydrogens is 246 g/mol. The van der Waals surface area contributed by atoms with Crippen LogP contribution < -0.4 is 4.31 Å². The second-order valence-corrected chi connectivity index (χ2v) is 6.52. The number of nitrogens with zero attached hydrogens (tertiary/aromatic N) is 1. The maximum atomic E-state index is 12.3. The number of fused-ring (bicyclic) bond motifs is 1. The third kappa shape index (κ3) is 1.86. The number of aryl methyl sites for hydroxylation is 1. The van der Waals surface area contributed by atoms with Gasteiger partial charge in [0.15, 0.2) is 0 Å². The fourth-order valence-electron chi connectivity index (χ4n) is 2.49. The standard InChI is InChI=1S/C14H15NO2S/c16-18(17)11-10-12-6-4-5-9-14(12)15(18)13-7-2-1-3-8-13/h1-2,4-7,9H,3,8,10-11H2. The predicted octanol–water partition coefficient (Wildman–Crippen LogP) is 2.61. The SMILES string of the molecule is O=S1(=O)CCc2ccccc2N1C1=CC=CCC1. The van der Waals surface area contributed by atoms with Gasteiger partial charge in [-0.3, -0.25) is 0 Å². The number of anilines is 1. The van der Waals surface area contributed by atoms with Crippen LogP contribution in [0.25, 0.3) is 0 Å². The molecule has 1 heterocycles. The van der Waals surface area contributed by atoms with Crippen LogP contribution in [0.4, 0.5) is 5.69 Å². The highest BCUT2D eigenvalue weighted by Gasteiger charge is 2.31. The molecule has 0 unspecified atom stereocenters. The van der Waals surface area contributed by atoms with Crippen LogP contribution in [-0.2, 0) is 16.4 Å². The van der Waals surface area contributed by atoms with Gasteiger partial charge in [0.05, 0.1) is 11.4 Å². The highest BCUT2D eigenvalue weighted by Crippen LogP contribution is 2.34. The van der Waals surface area contributed by atoms with Gasteiger partial charge in [0, 0.05) is 5.70 Å². The lowest BCUT2D eigenvalue weighted by Crippen LogP contribution is -2.37. The lowest BCUT2D eigenvalue weighted by Gasteiger charge is -2.32. The van der Waals surface area contributed by atoms with Gasteiger partial charge in [0.25, 0.3) is 0 Å². The summed E-state index contributed by atoms with van der Waals surface area (Å²) in [4.78, 5) is 0. The minimum Gasteiger partial charge on any atom is -0.242 e. The highest BCUT2D eigenvalue weighted by molar-refractivity contribution is 7.93. The van der Waals surface area contributed by atoms with E-state index < -0.39 is 10.0 Å². The van der Waals surface area contributed by atoms with Gasteiger partial charge in [-0.05, 0) is 37.0 Å². The van der Waals surface area contributed by atoms with Gasteiger partial charge >= 0.3 is 0 Å². The third-order valence-corrected chi connectivity index (χ3v) is 5.08. The van der Waals surface area contributed by atoms with E-state index in [4.69, 9.17) is 0 Å². The zero-order valence-corrected chi connectivity index (χ0v) is 10.9. The molecule has 0 atom stereocenters. The molecule has 0 spiro atoms. The van der Waals surface area contributed by atoms with Crippen molar-refractivity contribution in [1.29, 1.82) is 0 Å². The molecule has 1 aliphatic carbocycles. The molecule has 0 fully saturated rings. The molecule has 4 heteroatoms. The van der Waals surface area contributed by atoms with Crippen LogP contribution in [0.5, 0.6) is 0 Å². The molecule has 2 aliphatic rings. The molecule has 0 bridgehead atoms. The molecule has 0 amide bonds. The summed E-state index contributed by atoms with van der Waals surface area (Å²) < 4.78 is 26.1. The molecule has 0 saturated heterocycles. The average Bonchev–Trinajstić information content (AvgIpc) is 2.39. The van der Waals surface area contributed by atoms with Crippen molar-refractivity contribution in [2.75, 3.05) is 10.1 Å². The summed E-state index contributed by atoms with van der Waals surface area (Å²) in [6.07, 6.45) is 8.20. The summed E-state index contributed by atoms with van der Waals surface area (Å²) in [6, 6.07) is 7.76. The van der Waals surface area contributed by atoms with Gasteiger partial charge in [-0.1, -0.05) is 30.4 Å². The smallest absolute Gasteiger partial charge is 0.239 e. The van der Waals surface area contributed by atoms with Gasteiger partial charge in [-0.25, -0.2) is 12.7 Å². The summed E-state index contributed by atoms with van der Waals surface area (Å²) >= 11 is 0. The van der Waals surface area contributed by atoms with Crippen molar-refractivity contribution in [2.45, 2.75) is 19.3 Å². The minimum atomic E-state index is -3.21. The molecule has 0 radical (unpaired) electrons. The van der Waals surface area contributed by atoms with Crippen molar-refractivity contribution in [1.82, 2.24) is 0 Å². The third-order valence-electron chi connectivity index (χ3n) is 3.37. The molecule has 18 heavy (non-hydrogen) atoms. The Hall–Kier alpha value is -1.55. The summed E-state index contributed by atoms with van der Waals surface area (Å²) in [5.74, 6) is 0.199. The Labute approximate surface area is 107 Å². The van der Waals surface area contributed by atoms with Crippen molar-refractivity contribution in [3.8, 4) is 0 Å². The lowest BCUT2D eigenvalue weighted by atomic mass is 10.1. The monoisotopic (exact) mass is 261 g/mol. The molecule has 0 N–H and O–H groups in total. The van der Waals surface area contributed by atoms with E-state index in [1.165, 1.54) is 4.31 Å². The van der Waals surface area contributed by atoms with Crippen LogP contribution in [0.3, 0.4) is 0 Å². The molecule has 0 saturated carbocycles. The Morgan fingerprint density at radius 3 is 2.72 bits per heavy atom. The van der Waals surface area contributed by atoms with Gasteiger partial charge in [-0.2, -0.15) is 0 Å². The maximum Gasteiger partial charge on any atom is 0.239 e. The van der Waals surface area contributed by atoms with Gasteiger partial charge in [-0.15, -0.1) is 0 Å². The van der Waals surface area contributed by atoms with E-state index >= 15 is 0 Å². The van der Waals surface area contributed by atoms with Crippen LogP contribution in [0.15, 0.2) is 48.2 Å². The number of rotatable bonds is 1. The fraction of sp³-hybridized carbons (Fsp3) is 0.286. The fourth-order valence-corrected chi connectivity index (χ4v) is 4.14. The number of benzene rings is 1. The molecular formula is C14H15NO2S. The molecule has 0 aromatic heterocycles. The van der Waals surface area contributed by atoms with E-state index in [2.05, 4.69) is 6.08 Å². The van der Waals surface area contributed by atoms with E-state index in [0.29, 0.717) is 6.42 Å². The first-order valence-corrected chi connectivity index (χ1v) is 7.76. The first kappa shape index (κ1) is 11.5. The number of hydrogen-bond donors (Lipinski definition) is 0. The number of para-hydroxylation sites is 1. The van der Waals surface area contributed by atoms with E-state index in [-0.39, 0.29) is 5.75 Å². The maximum absolute atomic E-state index is 12.3. The first-order chi connectivity index (χ1) is 8.68. The zero-order chi connectivity index (χ0) is 12.6. The normalized spacial score (nSPS) is 21.3. The Morgan fingerprint density at radius 2 is 1.94 bits per heavy atom. The summed E-state index contributed by atoms with van der Waals surface area (Å²) in [5, 5.41) is 0. The quantitative estimate of drug-likeness (QED) is 0.779. The van der Waals surface area contributed by atoms with Crippen molar-refractivity contribution in [3.05, 3.63) is 53.8 Å². The van der Waals surface area contributed by atoms with E-state index in [1.807, 2.05) is 36.4 Å². The summed E-state index contributed by atoms with van der Waals surface area (Å²) in [5.41, 5.74) is 2.82. The van der Waals surface area contributed by atoms with Crippen LogP contribution in [0.2, 0.25) is 0 Å². The second kappa shape index (κ2) is 4.28. The van der Waals surface area contributed by atoms with Crippen LogP contribution >= 0.6 is 0 Å². The Bertz CT molecular complexity index is 629.